The lowest BCUT2D eigenvalue weighted by atomic mass is 10.1. The van der Waals surface area contributed by atoms with E-state index in [2.05, 4.69) is 5.32 Å². The van der Waals surface area contributed by atoms with Crippen molar-refractivity contribution in [1.29, 1.82) is 0 Å². The summed E-state index contributed by atoms with van der Waals surface area (Å²) < 4.78 is 26.0. The number of esters is 1. The van der Waals surface area contributed by atoms with Crippen molar-refractivity contribution in [3.8, 4) is 23.0 Å². The van der Waals surface area contributed by atoms with Gasteiger partial charge in [0.2, 0.25) is 6.79 Å². The number of amides is 1. The SMILES string of the molecule is COc1ccc(/C=C/C(=O)OCC(=O)N[C@H](C)c2ccc3c(c2)OCO3)c(OC)c1. The van der Waals surface area contributed by atoms with Gasteiger partial charge in [0.15, 0.2) is 18.1 Å². The number of benzene rings is 2. The van der Waals surface area contributed by atoms with Crippen molar-refractivity contribution in [3.63, 3.8) is 0 Å². The van der Waals surface area contributed by atoms with Gasteiger partial charge in [0, 0.05) is 17.7 Å². The van der Waals surface area contributed by atoms with Gasteiger partial charge in [-0.1, -0.05) is 6.07 Å². The number of carbonyl (C=O) groups is 2. The Morgan fingerprint density at radius 2 is 1.90 bits per heavy atom. The molecular formula is C22H23NO7. The summed E-state index contributed by atoms with van der Waals surface area (Å²) in [6.45, 7) is 1.62. The summed E-state index contributed by atoms with van der Waals surface area (Å²) in [4.78, 5) is 24.1. The largest absolute Gasteiger partial charge is 0.497 e. The van der Waals surface area contributed by atoms with Gasteiger partial charge in [-0.3, -0.25) is 4.79 Å². The number of carbonyl (C=O) groups excluding carboxylic acids is 2. The van der Waals surface area contributed by atoms with Crippen LogP contribution in [-0.4, -0.2) is 39.5 Å². The van der Waals surface area contributed by atoms with Gasteiger partial charge in [-0.2, -0.15) is 0 Å². The third-order valence-corrected chi connectivity index (χ3v) is 4.46. The minimum atomic E-state index is -0.640. The average Bonchev–Trinajstić information content (AvgIpc) is 3.24. The molecule has 1 heterocycles. The van der Waals surface area contributed by atoms with E-state index in [4.69, 9.17) is 23.7 Å². The first-order valence-electron chi connectivity index (χ1n) is 9.26. The van der Waals surface area contributed by atoms with Crippen LogP contribution in [-0.2, 0) is 14.3 Å². The first-order valence-corrected chi connectivity index (χ1v) is 9.26. The molecule has 8 nitrogen and oxygen atoms in total. The monoisotopic (exact) mass is 413 g/mol. The third-order valence-electron chi connectivity index (χ3n) is 4.46. The molecule has 0 saturated heterocycles. The van der Waals surface area contributed by atoms with Crippen LogP contribution in [0.1, 0.15) is 24.1 Å². The Hall–Kier alpha value is -3.68. The fourth-order valence-corrected chi connectivity index (χ4v) is 2.85. The molecule has 3 rings (SSSR count). The van der Waals surface area contributed by atoms with Crippen LogP contribution < -0.4 is 24.3 Å². The molecule has 158 valence electrons. The molecule has 2 aromatic carbocycles. The molecule has 1 aliphatic heterocycles. The highest BCUT2D eigenvalue weighted by atomic mass is 16.7. The summed E-state index contributed by atoms with van der Waals surface area (Å²) in [6.07, 6.45) is 2.78. The van der Waals surface area contributed by atoms with E-state index in [-0.39, 0.29) is 12.8 Å². The van der Waals surface area contributed by atoms with Crippen LogP contribution in [0.15, 0.2) is 42.5 Å². The average molecular weight is 413 g/mol. The van der Waals surface area contributed by atoms with Crippen molar-refractivity contribution in [2.75, 3.05) is 27.6 Å². The maximum Gasteiger partial charge on any atom is 0.331 e. The topological polar surface area (TPSA) is 92.3 Å². The Morgan fingerprint density at radius 3 is 2.67 bits per heavy atom. The van der Waals surface area contributed by atoms with Crippen LogP contribution in [0.4, 0.5) is 0 Å². The lowest BCUT2D eigenvalue weighted by Crippen LogP contribution is -2.30. The molecule has 1 N–H and O–H groups in total. The highest BCUT2D eigenvalue weighted by molar-refractivity contribution is 5.89. The van der Waals surface area contributed by atoms with Crippen LogP contribution in [0.2, 0.25) is 0 Å². The highest BCUT2D eigenvalue weighted by Crippen LogP contribution is 2.34. The van der Waals surface area contributed by atoms with Gasteiger partial charge in [0.25, 0.3) is 5.91 Å². The standard InChI is InChI=1S/C22H23NO7/c1-14(16-5-8-18-20(10-16)30-13-29-18)23-21(24)12-28-22(25)9-6-15-4-7-17(26-2)11-19(15)27-3/h4-11,14H,12-13H2,1-3H3,(H,23,24)/b9-6+/t14-/m1/s1. The fraction of sp³-hybridized carbons (Fsp3) is 0.273. The number of rotatable bonds is 8. The molecule has 0 bridgehead atoms. The Kier molecular flexibility index (Phi) is 6.79. The number of methoxy groups -OCH3 is 2. The minimum Gasteiger partial charge on any atom is -0.497 e. The number of nitrogens with one attached hydrogen (secondary N) is 1. The van der Waals surface area contributed by atoms with Gasteiger partial charge in [-0.25, -0.2) is 4.79 Å². The van der Waals surface area contributed by atoms with Crippen LogP contribution in [0.3, 0.4) is 0 Å². The van der Waals surface area contributed by atoms with Crippen molar-refractivity contribution >= 4 is 18.0 Å². The van der Waals surface area contributed by atoms with E-state index in [1.807, 2.05) is 19.1 Å². The molecule has 0 aliphatic carbocycles. The Balaban J connectivity index is 1.49. The van der Waals surface area contributed by atoms with Crippen molar-refractivity contribution in [2.24, 2.45) is 0 Å². The molecule has 1 atom stereocenters. The van der Waals surface area contributed by atoms with Gasteiger partial charge in [-0.05, 0) is 42.8 Å². The van der Waals surface area contributed by atoms with Gasteiger partial charge in [-0.15, -0.1) is 0 Å². The predicted molar refractivity (Wildman–Crippen MR) is 109 cm³/mol. The molecule has 0 spiro atoms. The third kappa shape index (κ3) is 5.22. The molecule has 1 aliphatic rings. The second kappa shape index (κ2) is 9.69. The molecule has 0 aromatic heterocycles. The Labute approximate surface area is 174 Å². The van der Waals surface area contributed by atoms with Crippen molar-refractivity contribution in [1.82, 2.24) is 5.32 Å². The molecule has 0 radical (unpaired) electrons. The lowest BCUT2D eigenvalue weighted by Gasteiger charge is -2.14. The summed E-state index contributed by atoms with van der Waals surface area (Å²) in [5.74, 6) is 1.45. The van der Waals surface area contributed by atoms with E-state index in [0.29, 0.717) is 28.6 Å². The Bertz CT molecular complexity index is 954. The van der Waals surface area contributed by atoms with Gasteiger partial charge < -0.3 is 29.0 Å². The summed E-state index contributed by atoms with van der Waals surface area (Å²) in [5.41, 5.74) is 1.53. The van der Waals surface area contributed by atoms with Crippen LogP contribution in [0.25, 0.3) is 6.08 Å². The van der Waals surface area contributed by atoms with E-state index in [0.717, 1.165) is 5.56 Å². The molecule has 0 saturated carbocycles. The smallest absolute Gasteiger partial charge is 0.331 e. The molecule has 30 heavy (non-hydrogen) atoms. The molecule has 0 fully saturated rings. The number of hydrogen-bond acceptors (Lipinski definition) is 7. The van der Waals surface area contributed by atoms with Gasteiger partial charge in [0.05, 0.1) is 20.3 Å². The van der Waals surface area contributed by atoms with E-state index < -0.39 is 18.5 Å². The van der Waals surface area contributed by atoms with Crippen LogP contribution in [0.5, 0.6) is 23.0 Å². The molecule has 2 aromatic rings. The summed E-state index contributed by atoms with van der Waals surface area (Å²) in [6, 6.07) is 10.4. The maximum absolute atomic E-state index is 12.1. The van der Waals surface area contributed by atoms with Crippen molar-refractivity contribution < 1.29 is 33.3 Å². The highest BCUT2D eigenvalue weighted by Gasteiger charge is 2.17. The van der Waals surface area contributed by atoms with Crippen LogP contribution >= 0.6 is 0 Å². The molecular weight excluding hydrogens is 390 g/mol. The van der Waals surface area contributed by atoms with Crippen molar-refractivity contribution in [2.45, 2.75) is 13.0 Å². The summed E-state index contributed by atoms with van der Waals surface area (Å²) >= 11 is 0. The fourth-order valence-electron chi connectivity index (χ4n) is 2.85. The number of hydrogen-bond donors (Lipinski definition) is 1. The predicted octanol–water partition coefficient (Wildman–Crippen LogP) is 2.87. The van der Waals surface area contributed by atoms with Gasteiger partial charge in [0.1, 0.15) is 11.5 Å². The number of fused-ring (bicyclic) bond motifs is 1. The minimum absolute atomic E-state index is 0.186. The number of ether oxygens (including phenoxy) is 5. The first kappa shape index (κ1) is 21.0. The molecule has 1 amide bonds. The first-order chi connectivity index (χ1) is 14.5. The van der Waals surface area contributed by atoms with Gasteiger partial charge >= 0.3 is 5.97 Å². The second-order valence-corrected chi connectivity index (χ2v) is 6.45. The van der Waals surface area contributed by atoms with E-state index in [1.165, 1.54) is 13.2 Å². The summed E-state index contributed by atoms with van der Waals surface area (Å²) in [5, 5.41) is 2.78. The quantitative estimate of drug-likeness (QED) is 0.525. The molecule has 0 unspecified atom stereocenters. The maximum atomic E-state index is 12.1. The van der Waals surface area contributed by atoms with Crippen molar-refractivity contribution in [3.05, 3.63) is 53.6 Å². The zero-order valence-electron chi connectivity index (χ0n) is 17.0. The lowest BCUT2D eigenvalue weighted by molar-refractivity contribution is -0.144. The van der Waals surface area contributed by atoms with Crippen LogP contribution in [0, 0.1) is 0 Å². The summed E-state index contributed by atoms with van der Waals surface area (Å²) in [7, 11) is 3.08. The Morgan fingerprint density at radius 1 is 1.10 bits per heavy atom. The zero-order valence-corrected chi connectivity index (χ0v) is 17.0. The second-order valence-electron chi connectivity index (χ2n) is 6.45. The normalized spacial score (nSPS) is 13.0. The van der Waals surface area contributed by atoms with E-state index in [9.17, 15) is 9.59 Å². The zero-order chi connectivity index (χ0) is 21.5. The van der Waals surface area contributed by atoms with E-state index in [1.54, 1.807) is 37.5 Å². The molecule has 8 heteroatoms. The van der Waals surface area contributed by atoms with E-state index >= 15 is 0 Å².